The summed E-state index contributed by atoms with van der Waals surface area (Å²) in [7, 11) is -5.10. The average Bonchev–Trinajstić information content (AvgIpc) is 1.69. The summed E-state index contributed by atoms with van der Waals surface area (Å²) in [5.41, 5.74) is 8.97. The standard InChI is InChI=1S/C63H80FN10O14PS/c1-34-25-40(11-9-8-10-12-53(78)71-56(63(5,6)7)61(83)73-30-45(76)29-50(73)59(81)67-35(2)38-13-15-39(16-14-38)55-36(3)66-33-90-55)54(64)51(26-34)88-32-43(18-22-52(65)77)68-58(80)49-21-19-44-23-24-72(37(4)75)31-48(60(82)74(44)49)70-57(79)47-28-42-27-41(17-20-46(42)69-47)62(84)89(85,86)87/h13-17,20,25-28,33,35,43-45,48-50,56,69,76H,8-12,18-19,21-24,29-32H2,1-7H3,(H2,65,77)(H,67,81)(H,68,80)(H,70,79)(H,71,78)(H2,85,86,87)/t35-,43-,44+,45-,48-,49-,50-,56+/m0/s1. The van der Waals surface area contributed by atoms with Gasteiger partial charge in [0.2, 0.25) is 41.4 Å². The molecule has 5 aromatic rings. The average molecular weight is 1280 g/mol. The van der Waals surface area contributed by atoms with E-state index in [9.17, 15) is 62.6 Å². The lowest BCUT2D eigenvalue weighted by Gasteiger charge is -2.38. The first-order valence-corrected chi connectivity index (χ1v) is 32.7. The van der Waals surface area contributed by atoms with Gasteiger partial charge in [0.25, 0.3) is 11.4 Å². The number of carbonyl (C=O) groups is 9. The van der Waals surface area contributed by atoms with Crippen LogP contribution in [0, 0.1) is 25.1 Å². The van der Waals surface area contributed by atoms with Crippen molar-refractivity contribution in [1.82, 2.24) is 45.9 Å². The van der Waals surface area contributed by atoms with Gasteiger partial charge in [-0.25, -0.2) is 9.37 Å². The zero-order valence-electron chi connectivity index (χ0n) is 51.5. The van der Waals surface area contributed by atoms with Crippen LogP contribution < -0.4 is 31.7 Å². The number of aromatic nitrogens is 2. The fraction of sp³-hybridized carbons (Fsp3) is 0.492. The van der Waals surface area contributed by atoms with E-state index in [4.69, 9.17) is 10.5 Å². The summed E-state index contributed by atoms with van der Waals surface area (Å²) in [5.74, 6) is -5.06. The number of aromatic amines is 1. The monoisotopic (exact) mass is 1280 g/mol. The predicted molar refractivity (Wildman–Crippen MR) is 332 cm³/mol. The van der Waals surface area contributed by atoms with E-state index in [1.807, 2.05) is 58.9 Å². The molecule has 27 heteroatoms. The van der Waals surface area contributed by atoms with Gasteiger partial charge in [-0.1, -0.05) is 57.5 Å². The molecule has 3 fully saturated rings. The van der Waals surface area contributed by atoms with E-state index < -0.39 is 108 Å². The van der Waals surface area contributed by atoms with Gasteiger partial charge in [0.1, 0.15) is 36.5 Å². The van der Waals surface area contributed by atoms with E-state index in [0.29, 0.717) is 48.7 Å². The van der Waals surface area contributed by atoms with E-state index in [2.05, 4.69) is 31.2 Å². The molecule has 8 atom stereocenters. The summed E-state index contributed by atoms with van der Waals surface area (Å²) < 4.78 is 34.0. The van der Waals surface area contributed by atoms with Crippen molar-refractivity contribution in [2.75, 3.05) is 26.2 Å². The number of halogens is 1. The molecule has 484 valence electrons. The number of aliphatic hydroxyl groups is 1. The molecular formula is C63H80FN10O14PS. The summed E-state index contributed by atoms with van der Waals surface area (Å²) in [5, 5.41) is 22.5. The van der Waals surface area contributed by atoms with E-state index >= 15 is 4.39 Å². The van der Waals surface area contributed by atoms with E-state index in [1.54, 1.807) is 29.8 Å². The van der Waals surface area contributed by atoms with E-state index in [-0.39, 0.29) is 99.0 Å². The lowest BCUT2D eigenvalue weighted by atomic mass is 9.85. The van der Waals surface area contributed by atoms with Crippen molar-refractivity contribution >= 4 is 82.6 Å². The molecule has 24 nitrogen and oxygen atoms in total. The van der Waals surface area contributed by atoms with Crippen LogP contribution in [-0.2, 0) is 44.5 Å². The lowest BCUT2D eigenvalue weighted by molar-refractivity contribution is -0.145. The van der Waals surface area contributed by atoms with Gasteiger partial charge in [0, 0.05) is 68.3 Å². The third-order valence-corrected chi connectivity index (χ3v) is 18.6. The Bertz CT molecular complexity index is 3580. The van der Waals surface area contributed by atoms with Gasteiger partial charge in [0.05, 0.1) is 34.3 Å². The number of rotatable bonds is 24. The van der Waals surface area contributed by atoms with Gasteiger partial charge in [-0.15, -0.1) is 11.3 Å². The third kappa shape index (κ3) is 16.7. The third-order valence-electron chi connectivity index (χ3n) is 16.8. The number of nitrogens with two attached hydrogens (primary N) is 1. The Hall–Kier alpha value is -7.90. The number of nitrogens with one attached hydrogen (secondary N) is 5. The van der Waals surface area contributed by atoms with Crippen molar-refractivity contribution in [3.63, 3.8) is 0 Å². The molecule has 0 saturated carbocycles. The maximum atomic E-state index is 16.3. The SMILES string of the molecule is CC(=O)N1CC[C@H]2CC[C@@H](C(=O)N[C@@H](CCC(N)=O)COc3cc(C)cc(CCCCCC(=O)N[C@H](C(=O)N4C[C@@H](O)C[C@H]4C(=O)N[C@@H](C)c4ccc(-c5scnc5C)cc4)C(C)(C)C)c3F)N2C(=O)[C@@H](NC(=O)c2cc3cc(C(=O)P(=O)(O)O)ccc3[nH]2)C1. The van der Waals surface area contributed by atoms with Gasteiger partial charge >= 0.3 is 7.60 Å². The first kappa shape index (κ1) is 68.0. The Morgan fingerprint density at radius 3 is 2.29 bits per heavy atom. The van der Waals surface area contributed by atoms with Crippen LogP contribution in [0.3, 0.4) is 0 Å². The molecule has 3 aliphatic heterocycles. The highest BCUT2D eigenvalue weighted by molar-refractivity contribution is 7.70. The number of amides is 8. The number of aliphatic hydroxyl groups excluding tert-OH is 1. The first-order valence-electron chi connectivity index (χ1n) is 30.2. The second kappa shape index (κ2) is 28.9. The van der Waals surface area contributed by atoms with Crippen LogP contribution >= 0.6 is 18.9 Å². The van der Waals surface area contributed by atoms with Crippen LogP contribution in [-0.4, -0.2) is 161 Å². The number of H-pyrrole nitrogens is 1. The zero-order valence-corrected chi connectivity index (χ0v) is 53.2. The van der Waals surface area contributed by atoms with Gasteiger partial charge in [-0.2, -0.15) is 0 Å². The lowest BCUT2D eigenvalue weighted by Crippen LogP contribution is -2.61. The Morgan fingerprint density at radius 2 is 1.62 bits per heavy atom. The number of carbonyl (C=O) groups excluding carboxylic acids is 9. The fourth-order valence-corrected chi connectivity index (χ4v) is 13.2. The molecule has 8 amide bonds. The van der Waals surface area contributed by atoms with Gasteiger partial charge in [-0.3, -0.25) is 47.7 Å². The number of thiazole rings is 1. The number of fused-ring (bicyclic) bond motifs is 2. The highest BCUT2D eigenvalue weighted by atomic mass is 32.1. The quantitative estimate of drug-likeness (QED) is 0.0277. The van der Waals surface area contributed by atoms with Crippen molar-refractivity contribution < 1.29 is 71.7 Å². The van der Waals surface area contributed by atoms with E-state index in [1.165, 1.54) is 52.0 Å². The number of unbranched alkanes of at least 4 members (excludes halogenated alkanes) is 2. The molecule has 90 heavy (non-hydrogen) atoms. The van der Waals surface area contributed by atoms with Crippen LogP contribution in [0.1, 0.15) is 148 Å². The fourth-order valence-electron chi connectivity index (χ4n) is 11.9. The minimum Gasteiger partial charge on any atom is -0.488 e. The molecule has 0 spiro atoms. The van der Waals surface area contributed by atoms with Gasteiger partial charge in [-0.05, 0) is 124 Å². The minimum atomic E-state index is -5.10. The normalized spacial score (nSPS) is 19.7. The Morgan fingerprint density at radius 1 is 0.900 bits per heavy atom. The molecular weight excluding hydrogens is 1200 g/mol. The van der Waals surface area contributed by atoms with Crippen LogP contribution in [0.25, 0.3) is 21.3 Å². The van der Waals surface area contributed by atoms with Crippen LogP contribution in [0.5, 0.6) is 5.75 Å². The maximum Gasteiger partial charge on any atom is 0.396 e. The molecule has 2 aromatic heterocycles. The predicted octanol–water partition coefficient (Wildman–Crippen LogP) is 5.38. The van der Waals surface area contributed by atoms with E-state index in [0.717, 1.165) is 21.7 Å². The number of hydrogen-bond acceptors (Lipinski definition) is 14. The summed E-state index contributed by atoms with van der Waals surface area (Å²) >= 11 is 1.54. The first-order chi connectivity index (χ1) is 42.5. The highest BCUT2D eigenvalue weighted by Crippen LogP contribution is 2.40. The number of nitrogens with zero attached hydrogens (tertiary/aromatic N) is 4. The molecule has 0 aliphatic carbocycles. The molecule has 3 saturated heterocycles. The van der Waals surface area contributed by atoms with Crippen molar-refractivity contribution in [3.8, 4) is 16.2 Å². The highest BCUT2D eigenvalue weighted by Gasteiger charge is 2.47. The Balaban J connectivity index is 0.846. The van der Waals surface area contributed by atoms with Gasteiger partial charge < -0.3 is 66.3 Å². The molecule has 3 aromatic carbocycles. The van der Waals surface area contributed by atoms with Crippen LogP contribution in [0.15, 0.2) is 66.2 Å². The van der Waals surface area contributed by atoms with Crippen molar-refractivity contribution in [2.24, 2.45) is 11.1 Å². The van der Waals surface area contributed by atoms with Crippen molar-refractivity contribution in [2.45, 2.75) is 167 Å². The number of likely N-dealkylation sites (tertiary alicyclic amines) is 1. The molecule has 10 N–H and O–H groups in total. The molecule has 0 radical (unpaired) electrons. The smallest absolute Gasteiger partial charge is 0.396 e. The largest absolute Gasteiger partial charge is 0.488 e. The zero-order chi connectivity index (χ0) is 65.5. The van der Waals surface area contributed by atoms with Gasteiger partial charge in [0.15, 0.2) is 11.6 Å². The minimum absolute atomic E-state index is 0.000610. The summed E-state index contributed by atoms with van der Waals surface area (Å²) in [6, 6.07) is 9.92. The van der Waals surface area contributed by atoms with Crippen LogP contribution in [0.4, 0.5) is 4.39 Å². The molecule has 8 rings (SSSR count). The summed E-state index contributed by atoms with van der Waals surface area (Å²) in [6.07, 6.45) is 1.58. The second-order valence-corrected chi connectivity index (χ2v) is 27.2. The number of primary amides is 1. The molecule has 0 unspecified atom stereocenters. The number of β-amino-alcohol motifs (C(OH)–C–C–N with tert-alkyl or cyclic N) is 1. The molecule has 3 aliphatic rings. The number of ether oxygens (including phenoxy) is 1. The topological polar surface area (TPSA) is 353 Å². The molecule has 5 heterocycles. The maximum absolute atomic E-state index is 16.3. The second-order valence-electron chi connectivity index (χ2n) is 24.8. The van der Waals surface area contributed by atoms with Crippen molar-refractivity contribution in [1.29, 1.82) is 0 Å². The Kier molecular flexibility index (Phi) is 21.9. The van der Waals surface area contributed by atoms with Crippen LogP contribution in [0.2, 0.25) is 0 Å². The summed E-state index contributed by atoms with van der Waals surface area (Å²) in [6.45, 7) is 11.9. The number of benzene rings is 3. The molecule has 0 bridgehead atoms. The Labute approximate surface area is 524 Å². The van der Waals surface area contributed by atoms with Crippen molar-refractivity contribution in [3.05, 3.63) is 106 Å². The number of hydrogen-bond donors (Lipinski definition) is 9. The summed E-state index contributed by atoms with van der Waals surface area (Å²) in [4.78, 5) is 153. The number of aryl methyl sites for hydroxylation is 3.